The number of rotatable bonds is 3. The highest BCUT2D eigenvalue weighted by molar-refractivity contribution is 5.42. The molecule has 0 saturated heterocycles. The molecule has 0 heterocycles. The standard InChI is InChI=1S/C12H9F3N2O2/c13-12(14,15)8-2-1-7(6-17)9(5-8)11(19)10(18)3-4-16/h1-2,5,10-11,18-19H,3H2. The van der Waals surface area contributed by atoms with Crippen molar-refractivity contribution in [2.75, 3.05) is 0 Å². The van der Waals surface area contributed by atoms with Crippen molar-refractivity contribution in [3.05, 3.63) is 34.9 Å². The van der Waals surface area contributed by atoms with Crippen LogP contribution in [-0.4, -0.2) is 16.3 Å². The molecule has 2 atom stereocenters. The van der Waals surface area contributed by atoms with Gasteiger partial charge in [-0.25, -0.2) is 0 Å². The average molecular weight is 270 g/mol. The first-order chi connectivity index (χ1) is 8.81. The first kappa shape index (κ1) is 15.0. The number of aliphatic hydroxyl groups is 2. The minimum absolute atomic E-state index is 0.183. The third kappa shape index (κ3) is 3.44. The second kappa shape index (κ2) is 5.70. The van der Waals surface area contributed by atoms with Crippen LogP contribution in [0, 0.1) is 22.7 Å². The summed E-state index contributed by atoms with van der Waals surface area (Å²) in [7, 11) is 0. The fourth-order valence-electron chi connectivity index (χ4n) is 1.50. The van der Waals surface area contributed by atoms with E-state index < -0.39 is 30.4 Å². The Morgan fingerprint density at radius 2 is 1.84 bits per heavy atom. The Morgan fingerprint density at radius 3 is 2.32 bits per heavy atom. The van der Waals surface area contributed by atoms with Gasteiger partial charge in [0.25, 0.3) is 0 Å². The molecule has 0 radical (unpaired) electrons. The Balaban J connectivity index is 3.25. The lowest BCUT2D eigenvalue weighted by Crippen LogP contribution is -2.19. The molecular formula is C12H9F3N2O2. The molecule has 1 rings (SSSR count). The maximum Gasteiger partial charge on any atom is 0.416 e. The monoisotopic (exact) mass is 270 g/mol. The van der Waals surface area contributed by atoms with Gasteiger partial charge in [-0.2, -0.15) is 23.7 Å². The van der Waals surface area contributed by atoms with E-state index in [-0.39, 0.29) is 11.1 Å². The molecule has 0 fully saturated rings. The van der Waals surface area contributed by atoms with Crippen LogP contribution >= 0.6 is 0 Å². The molecule has 19 heavy (non-hydrogen) atoms. The van der Waals surface area contributed by atoms with Crippen molar-refractivity contribution < 1.29 is 23.4 Å². The van der Waals surface area contributed by atoms with E-state index in [9.17, 15) is 23.4 Å². The lowest BCUT2D eigenvalue weighted by atomic mass is 9.95. The number of hydrogen-bond acceptors (Lipinski definition) is 4. The van der Waals surface area contributed by atoms with Crippen molar-refractivity contribution in [1.29, 1.82) is 10.5 Å². The molecule has 0 aliphatic heterocycles. The van der Waals surface area contributed by atoms with Gasteiger partial charge in [0.15, 0.2) is 0 Å². The van der Waals surface area contributed by atoms with E-state index in [1.54, 1.807) is 12.1 Å². The van der Waals surface area contributed by atoms with Crippen LogP contribution in [0.1, 0.15) is 29.2 Å². The summed E-state index contributed by atoms with van der Waals surface area (Å²) in [6, 6.07) is 5.45. The van der Waals surface area contributed by atoms with Crippen LogP contribution in [0.15, 0.2) is 18.2 Å². The molecular weight excluding hydrogens is 261 g/mol. The summed E-state index contributed by atoms with van der Waals surface area (Å²) in [5.74, 6) is 0. The van der Waals surface area contributed by atoms with Crippen molar-refractivity contribution in [3.8, 4) is 12.1 Å². The van der Waals surface area contributed by atoms with Crippen molar-refractivity contribution in [2.24, 2.45) is 0 Å². The minimum Gasteiger partial charge on any atom is -0.389 e. The summed E-state index contributed by atoms with van der Waals surface area (Å²) in [5.41, 5.74) is -1.57. The zero-order valence-corrected chi connectivity index (χ0v) is 9.52. The fraction of sp³-hybridized carbons (Fsp3) is 0.333. The first-order valence-corrected chi connectivity index (χ1v) is 5.15. The molecule has 0 spiro atoms. The lowest BCUT2D eigenvalue weighted by molar-refractivity contribution is -0.137. The fourth-order valence-corrected chi connectivity index (χ4v) is 1.50. The predicted octanol–water partition coefficient (Wildman–Crippen LogP) is 1.89. The third-order valence-electron chi connectivity index (χ3n) is 2.48. The van der Waals surface area contributed by atoms with Crippen molar-refractivity contribution in [1.82, 2.24) is 0 Å². The van der Waals surface area contributed by atoms with Gasteiger partial charge in [-0.05, 0) is 18.2 Å². The lowest BCUT2D eigenvalue weighted by Gasteiger charge is -2.18. The Kier molecular flexibility index (Phi) is 4.49. The predicted molar refractivity (Wildman–Crippen MR) is 57.4 cm³/mol. The molecule has 0 saturated carbocycles. The normalized spacial score (nSPS) is 14.3. The third-order valence-corrected chi connectivity index (χ3v) is 2.48. The van der Waals surface area contributed by atoms with Crippen LogP contribution in [0.3, 0.4) is 0 Å². The maximum absolute atomic E-state index is 12.5. The second-order valence-corrected chi connectivity index (χ2v) is 3.79. The number of aliphatic hydroxyl groups excluding tert-OH is 2. The van der Waals surface area contributed by atoms with Gasteiger partial charge >= 0.3 is 6.18 Å². The summed E-state index contributed by atoms with van der Waals surface area (Å²) in [6.45, 7) is 0. The molecule has 0 bridgehead atoms. The molecule has 1 aromatic rings. The van der Waals surface area contributed by atoms with E-state index in [1.165, 1.54) is 0 Å². The van der Waals surface area contributed by atoms with E-state index in [0.29, 0.717) is 12.1 Å². The quantitative estimate of drug-likeness (QED) is 0.877. The zero-order valence-electron chi connectivity index (χ0n) is 9.52. The van der Waals surface area contributed by atoms with Gasteiger partial charge in [0, 0.05) is 5.56 Å². The Morgan fingerprint density at radius 1 is 1.21 bits per heavy atom. The number of halogens is 3. The molecule has 0 aromatic heterocycles. The number of benzene rings is 1. The summed E-state index contributed by atoms with van der Waals surface area (Å²) < 4.78 is 37.6. The molecule has 2 unspecified atom stereocenters. The van der Waals surface area contributed by atoms with E-state index in [2.05, 4.69) is 0 Å². The second-order valence-electron chi connectivity index (χ2n) is 3.79. The summed E-state index contributed by atoms with van der Waals surface area (Å²) in [6.07, 6.45) is -8.36. The largest absolute Gasteiger partial charge is 0.416 e. The van der Waals surface area contributed by atoms with Crippen molar-refractivity contribution >= 4 is 0 Å². The highest BCUT2D eigenvalue weighted by Gasteiger charge is 2.32. The van der Waals surface area contributed by atoms with Gasteiger partial charge in [-0.15, -0.1) is 0 Å². The van der Waals surface area contributed by atoms with Gasteiger partial charge in [-0.3, -0.25) is 0 Å². The van der Waals surface area contributed by atoms with Gasteiger partial charge in [0.05, 0.1) is 35.8 Å². The molecule has 7 heteroatoms. The highest BCUT2D eigenvalue weighted by Crippen LogP contribution is 2.33. The van der Waals surface area contributed by atoms with E-state index in [1.807, 2.05) is 0 Å². The Bertz CT molecular complexity index is 543. The maximum atomic E-state index is 12.5. The molecule has 0 aliphatic rings. The molecule has 0 aliphatic carbocycles. The number of alkyl halides is 3. The molecule has 4 nitrogen and oxygen atoms in total. The summed E-state index contributed by atoms with van der Waals surface area (Å²) in [5, 5.41) is 36.3. The van der Waals surface area contributed by atoms with E-state index >= 15 is 0 Å². The van der Waals surface area contributed by atoms with E-state index in [0.717, 1.165) is 6.07 Å². The average Bonchev–Trinajstić information content (AvgIpc) is 2.36. The Hall–Kier alpha value is -2.09. The van der Waals surface area contributed by atoms with Crippen LogP contribution < -0.4 is 0 Å². The number of hydrogen-bond donors (Lipinski definition) is 2. The smallest absolute Gasteiger partial charge is 0.389 e. The van der Waals surface area contributed by atoms with Gasteiger partial charge < -0.3 is 10.2 Å². The van der Waals surface area contributed by atoms with E-state index in [4.69, 9.17) is 10.5 Å². The van der Waals surface area contributed by atoms with Crippen LogP contribution in [0.5, 0.6) is 0 Å². The first-order valence-electron chi connectivity index (χ1n) is 5.15. The van der Waals surface area contributed by atoms with Crippen molar-refractivity contribution in [3.63, 3.8) is 0 Å². The SMILES string of the molecule is N#CCC(O)C(O)c1cc(C(F)(F)F)ccc1C#N. The minimum atomic E-state index is -4.62. The van der Waals surface area contributed by atoms with Crippen LogP contribution in [0.4, 0.5) is 13.2 Å². The van der Waals surface area contributed by atoms with Gasteiger partial charge in [0.2, 0.25) is 0 Å². The molecule has 100 valence electrons. The van der Waals surface area contributed by atoms with Crippen molar-refractivity contribution in [2.45, 2.75) is 24.8 Å². The van der Waals surface area contributed by atoms with Crippen LogP contribution in [0.25, 0.3) is 0 Å². The Labute approximate surface area is 106 Å². The van der Waals surface area contributed by atoms with Crippen LogP contribution in [-0.2, 0) is 6.18 Å². The summed E-state index contributed by atoms with van der Waals surface area (Å²) >= 11 is 0. The number of nitrogens with zero attached hydrogens (tertiary/aromatic N) is 2. The van der Waals surface area contributed by atoms with Gasteiger partial charge in [-0.1, -0.05) is 0 Å². The highest BCUT2D eigenvalue weighted by atomic mass is 19.4. The topological polar surface area (TPSA) is 88.0 Å². The zero-order chi connectivity index (χ0) is 14.6. The summed E-state index contributed by atoms with van der Waals surface area (Å²) in [4.78, 5) is 0. The number of nitriles is 2. The molecule has 1 aromatic carbocycles. The molecule has 0 amide bonds. The molecule has 2 N–H and O–H groups in total. The van der Waals surface area contributed by atoms with Gasteiger partial charge in [0.1, 0.15) is 6.10 Å². The van der Waals surface area contributed by atoms with Crippen LogP contribution in [0.2, 0.25) is 0 Å².